The van der Waals surface area contributed by atoms with E-state index in [1.54, 1.807) is 12.1 Å². The second kappa shape index (κ2) is 10.4. The summed E-state index contributed by atoms with van der Waals surface area (Å²) in [4.78, 5) is 17.0. The molecule has 0 aliphatic carbocycles. The van der Waals surface area contributed by atoms with E-state index < -0.39 is 24.3 Å². The number of carbonyl (C=O) groups is 1. The highest BCUT2D eigenvalue weighted by atomic mass is 32.1. The Kier molecular flexibility index (Phi) is 7.06. The fraction of sp³-hybridized carbons (Fsp3) is 0.409. The molecule has 2 saturated heterocycles. The molecule has 2 aromatic heterocycles. The van der Waals surface area contributed by atoms with Crippen LogP contribution in [0.1, 0.15) is 24.4 Å². The summed E-state index contributed by atoms with van der Waals surface area (Å²) < 4.78 is 55.1. The smallest absolute Gasteiger partial charge is 0.406 e. The summed E-state index contributed by atoms with van der Waals surface area (Å²) in [5.74, 6) is -0.867. The summed E-state index contributed by atoms with van der Waals surface area (Å²) in [7, 11) is 0. The van der Waals surface area contributed by atoms with Gasteiger partial charge >= 0.3 is 6.36 Å². The number of hydrogen-bond donors (Lipinski definition) is 2. The van der Waals surface area contributed by atoms with Crippen LogP contribution in [0.25, 0.3) is 0 Å². The Morgan fingerprint density at radius 3 is 2.59 bits per heavy atom. The van der Waals surface area contributed by atoms with Crippen LogP contribution in [0.4, 0.5) is 33.6 Å². The molecule has 37 heavy (non-hydrogen) atoms. The maximum absolute atomic E-state index is 13.2. The van der Waals surface area contributed by atoms with Crippen molar-refractivity contribution in [3.05, 3.63) is 47.9 Å². The third-order valence-corrected chi connectivity index (χ3v) is 6.79. The Balaban J connectivity index is 1.22. The Labute approximate surface area is 212 Å². The number of ether oxygens (including phenoxy) is 1. The summed E-state index contributed by atoms with van der Waals surface area (Å²) in [6.45, 7) is 2.59. The van der Waals surface area contributed by atoms with Gasteiger partial charge in [0.25, 0.3) is 0 Å². The van der Waals surface area contributed by atoms with Crippen LogP contribution in [0.15, 0.2) is 36.4 Å². The highest BCUT2D eigenvalue weighted by Gasteiger charge is 2.34. The molecule has 0 unspecified atom stereocenters. The molecule has 5 rings (SSSR count). The summed E-state index contributed by atoms with van der Waals surface area (Å²) in [6.07, 6.45) is -3.16. The highest BCUT2D eigenvalue weighted by Crippen LogP contribution is 2.32. The fourth-order valence-corrected chi connectivity index (χ4v) is 4.98. The molecule has 1 aromatic carbocycles. The predicted molar refractivity (Wildman–Crippen MR) is 127 cm³/mol. The summed E-state index contributed by atoms with van der Waals surface area (Å²) in [5, 5.41) is 22.2. The summed E-state index contributed by atoms with van der Waals surface area (Å²) in [5.41, 5.74) is 0.386. The average Bonchev–Trinajstić information content (AvgIpc) is 3.45. The van der Waals surface area contributed by atoms with Crippen molar-refractivity contribution in [1.29, 1.82) is 0 Å². The standard InChI is InChI=1S/C22H22F4N8O2S/c23-16-5-6-17(30-29-16)34-10-7-14(12-34)27-20-31-32-21(37-20)28-19(35)18(33-8-2-9-33)13-3-1-4-15(11-13)36-22(24,25)26/h1,3-6,11,14,18H,2,7-10,12H2,(H,27,31)(H,28,32,35)/t14-,18+/m1/s1. The van der Waals surface area contributed by atoms with Crippen molar-refractivity contribution in [2.45, 2.75) is 31.3 Å². The van der Waals surface area contributed by atoms with E-state index in [9.17, 15) is 22.4 Å². The normalized spacial score (nSPS) is 18.8. The second-order valence-electron chi connectivity index (χ2n) is 8.60. The number of amides is 1. The number of nitrogens with zero attached hydrogens (tertiary/aromatic N) is 6. The van der Waals surface area contributed by atoms with Crippen LogP contribution in [-0.4, -0.2) is 69.8 Å². The van der Waals surface area contributed by atoms with E-state index >= 15 is 0 Å². The second-order valence-corrected chi connectivity index (χ2v) is 9.58. The van der Waals surface area contributed by atoms with Crippen molar-refractivity contribution >= 4 is 33.3 Å². The maximum atomic E-state index is 13.2. The molecule has 15 heteroatoms. The van der Waals surface area contributed by atoms with E-state index in [1.165, 1.54) is 24.3 Å². The SMILES string of the molecule is O=C(Nc1nnc(N[C@@H]2CCN(c3ccc(F)nn3)C2)s1)[C@H](c1cccc(OC(F)(F)F)c1)N1CCC1. The number of halogens is 4. The number of hydrogen-bond acceptors (Lipinski definition) is 10. The Morgan fingerprint density at radius 2 is 1.89 bits per heavy atom. The van der Waals surface area contributed by atoms with Gasteiger partial charge in [-0.05, 0) is 42.7 Å². The number of anilines is 3. The number of alkyl halides is 3. The number of likely N-dealkylation sites (tertiary alicyclic amines) is 1. The van der Waals surface area contributed by atoms with Crippen LogP contribution < -0.4 is 20.3 Å². The molecule has 0 spiro atoms. The lowest BCUT2D eigenvalue weighted by molar-refractivity contribution is -0.274. The molecule has 2 N–H and O–H groups in total. The molecule has 2 fully saturated rings. The third kappa shape index (κ3) is 6.22. The van der Waals surface area contributed by atoms with Crippen molar-refractivity contribution in [1.82, 2.24) is 25.3 Å². The zero-order chi connectivity index (χ0) is 26.0. The first kappa shape index (κ1) is 25.1. The van der Waals surface area contributed by atoms with Gasteiger partial charge in [0.05, 0.1) is 0 Å². The largest absolute Gasteiger partial charge is 0.573 e. The lowest BCUT2D eigenvalue weighted by Crippen LogP contribution is -2.45. The van der Waals surface area contributed by atoms with Crippen LogP contribution in [-0.2, 0) is 4.79 Å². The van der Waals surface area contributed by atoms with E-state index in [0.717, 1.165) is 24.2 Å². The number of carbonyl (C=O) groups excluding carboxylic acids is 1. The van der Waals surface area contributed by atoms with Crippen molar-refractivity contribution in [3.63, 3.8) is 0 Å². The minimum Gasteiger partial charge on any atom is -0.406 e. The third-order valence-electron chi connectivity index (χ3n) is 6.02. The molecule has 0 bridgehead atoms. The van der Waals surface area contributed by atoms with Crippen LogP contribution in [0.3, 0.4) is 0 Å². The van der Waals surface area contributed by atoms with Gasteiger partial charge in [-0.15, -0.1) is 33.6 Å². The molecule has 2 aliphatic rings. The molecule has 2 aliphatic heterocycles. The average molecular weight is 539 g/mol. The molecule has 1 amide bonds. The lowest BCUT2D eigenvalue weighted by Gasteiger charge is -2.37. The predicted octanol–water partition coefficient (Wildman–Crippen LogP) is 3.44. The van der Waals surface area contributed by atoms with Gasteiger partial charge in [0.2, 0.25) is 22.1 Å². The highest BCUT2D eigenvalue weighted by molar-refractivity contribution is 7.19. The van der Waals surface area contributed by atoms with E-state index in [0.29, 0.717) is 42.7 Å². The molecular weight excluding hydrogens is 516 g/mol. The topological polar surface area (TPSA) is 108 Å². The first-order valence-corrected chi connectivity index (χ1v) is 12.3. The van der Waals surface area contributed by atoms with Crippen molar-refractivity contribution in [2.24, 2.45) is 0 Å². The fourth-order valence-electron chi connectivity index (χ4n) is 4.25. The van der Waals surface area contributed by atoms with Gasteiger partial charge in [0, 0.05) is 32.2 Å². The first-order chi connectivity index (χ1) is 17.7. The Hall–Kier alpha value is -3.59. The molecule has 3 aromatic rings. The molecule has 2 atom stereocenters. The van der Waals surface area contributed by atoms with Crippen molar-refractivity contribution < 1.29 is 27.1 Å². The quantitative estimate of drug-likeness (QED) is 0.417. The molecule has 0 radical (unpaired) electrons. The number of aromatic nitrogens is 4. The zero-order valence-corrected chi connectivity index (χ0v) is 20.1. The summed E-state index contributed by atoms with van der Waals surface area (Å²) >= 11 is 1.15. The van der Waals surface area contributed by atoms with Gasteiger partial charge in [-0.3, -0.25) is 15.0 Å². The molecule has 10 nitrogen and oxygen atoms in total. The van der Waals surface area contributed by atoms with Gasteiger partial charge in [-0.2, -0.15) is 4.39 Å². The van der Waals surface area contributed by atoms with Crippen LogP contribution in [0, 0.1) is 5.95 Å². The molecule has 196 valence electrons. The van der Waals surface area contributed by atoms with Gasteiger partial charge in [-0.1, -0.05) is 23.5 Å². The molecule has 4 heterocycles. The zero-order valence-electron chi connectivity index (χ0n) is 19.3. The van der Waals surface area contributed by atoms with Gasteiger partial charge in [-0.25, -0.2) is 0 Å². The van der Waals surface area contributed by atoms with E-state index in [-0.39, 0.29) is 16.9 Å². The first-order valence-electron chi connectivity index (χ1n) is 11.5. The lowest BCUT2D eigenvalue weighted by atomic mass is 10.0. The Bertz CT molecular complexity index is 1240. The van der Waals surface area contributed by atoms with Gasteiger partial charge in [0.15, 0.2) is 5.82 Å². The minimum absolute atomic E-state index is 0.0357. The number of benzene rings is 1. The number of rotatable bonds is 8. The summed E-state index contributed by atoms with van der Waals surface area (Å²) in [6, 6.07) is 7.50. The maximum Gasteiger partial charge on any atom is 0.573 e. The van der Waals surface area contributed by atoms with Crippen molar-refractivity contribution in [3.8, 4) is 5.75 Å². The van der Waals surface area contributed by atoms with Crippen LogP contribution in [0.5, 0.6) is 5.75 Å². The van der Waals surface area contributed by atoms with E-state index in [4.69, 9.17) is 0 Å². The monoisotopic (exact) mass is 538 g/mol. The van der Waals surface area contributed by atoms with Gasteiger partial charge < -0.3 is 15.0 Å². The number of nitrogens with one attached hydrogen (secondary N) is 2. The Morgan fingerprint density at radius 1 is 1.08 bits per heavy atom. The van der Waals surface area contributed by atoms with Gasteiger partial charge in [0.1, 0.15) is 11.8 Å². The molecule has 0 saturated carbocycles. The van der Waals surface area contributed by atoms with Crippen LogP contribution in [0.2, 0.25) is 0 Å². The minimum atomic E-state index is -4.83. The molecular formula is C22H22F4N8O2S. The van der Waals surface area contributed by atoms with Crippen LogP contribution >= 0.6 is 11.3 Å². The van der Waals surface area contributed by atoms with E-state index in [1.807, 2.05) is 9.80 Å². The van der Waals surface area contributed by atoms with Crippen molar-refractivity contribution in [2.75, 3.05) is 41.7 Å². The van der Waals surface area contributed by atoms with E-state index in [2.05, 4.69) is 35.8 Å².